The van der Waals surface area contributed by atoms with Gasteiger partial charge in [-0.25, -0.2) is 8.42 Å². The maximum atomic E-state index is 14.2. The Labute approximate surface area is 253 Å². The van der Waals surface area contributed by atoms with Crippen LogP contribution in [0.4, 0.5) is 5.69 Å². The molecule has 226 valence electrons. The fourth-order valence-electron chi connectivity index (χ4n) is 4.48. The van der Waals surface area contributed by atoms with Crippen LogP contribution in [0.2, 0.25) is 5.02 Å². The van der Waals surface area contributed by atoms with Gasteiger partial charge in [0.25, 0.3) is 10.0 Å². The molecule has 0 fully saturated rings. The number of sulfonamides is 1. The van der Waals surface area contributed by atoms with Crippen LogP contribution in [0.3, 0.4) is 0 Å². The number of halogens is 1. The van der Waals surface area contributed by atoms with Crippen LogP contribution >= 0.6 is 11.6 Å². The molecule has 0 heterocycles. The van der Waals surface area contributed by atoms with Gasteiger partial charge in [-0.2, -0.15) is 0 Å². The minimum Gasteiger partial charge on any atom is -0.497 e. The van der Waals surface area contributed by atoms with Gasteiger partial charge in [0, 0.05) is 18.1 Å². The van der Waals surface area contributed by atoms with E-state index in [1.54, 1.807) is 55.6 Å². The Kier molecular flexibility index (Phi) is 12.1. The van der Waals surface area contributed by atoms with Gasteiger partial charge in [0.2, 0.25) is 11.8 Å². The van der Waals surface area contributed by atoms with E-state index < -0.39 is 28.5 Å². The number of nitrogens with zero attached hydrogens (tertiary/aromatic N) is 2. The summed E-state index contributed by atoms with van der Waals surface area (Å²) in [5, 5.41) is 3.18. The molecule has 0 aliphatic carbocycles. The molecule has 3 aromatic rings. The maximum Gasteiger partial charge on any atom is 0.264 e. The van der Waals surface area contributed by atoms with E-state index in [4.69, 9.17) is 21.1 Å². The molecular formula is C31H38ClN3O6S. The summed E-state index contributed by atoms with van der Waals surface area (Å²) in [5.41, 5.74) is 0.823. The average Bonchev–Trinajstić information content (AvgIpc) is 3.00. The highest BCUT2D eigenvalue weighted by Gasteiger charge is 2.34. The largest absolute Gasteiger partial charge is 0.497 e. The number of benzene rings is 3. The van der Waals surface area contributed by atoms with E-state index in [1.165, 1.54) is 30.2 Å². The second kappa shape index (κ2) is 15.5. The Hall–Kier alpha value is -3.76. The summed E-state index contributed by atoms with van der Waals surface area (Å²) in [6.45, 7) is 3.77. The van der Waals surface area contributed by atoms with Crippen LogP contribution in [-0.4, -0.2) is 58.5 Å². The van der Waals surface area contributed by atoms with Gasteiger partial charge in [0.15, 0.2) is 0 Å². The average molecular weight is 616 g/mol. The lowest BCUT2D eigenvalue weighted by Crippen LogP contribution is -2.52. The Bertz CT molecular complexity index is 1450. The number of carbonyl (C=O) groups excluding carboxylic acids is 2. The van der Waals surface area contributed by atoms with Crippen molar-refractivity contribution in [1.29, 1.82) is 0 Å². The second-order valence-electron chi connectivity index (χ2n) is 9.58. The predicted molar refractivity (Wildman–Crippen MR) is 165 cm³/mol. The molecule has 0 saturated carbocycles. The smallest absolute Gasteiger partial charge is 0.264 e. The minimum absolute atomic E-state index is 0.0106. The number of hydrogen-bond acceptors (Lipinski definition) is 6. The van der Waals surface area contributed by atoms with Crippen molar-refractivity contribution < 1.29 is 27.5 Å². The molecule has 0 aliphatic heterocycles. The fraction of sp³-hybridized carbons (Fsp3) is 0.355. The van der Waals surface area contributed by atoms with E-state index in [1.807, 2.05) is 19.9 Å². The molecule has 3 aromatic carbocycles. The third kappa shape index (κ3) is 8.17. The van der Waals surface area contributed by atoms with Crippen molar-refractivity contribution in [2.45, 2.75) is 50.6 Å². The summed E-state index contributed by atoms with van der Waals surface area (Å²) in [4.78, 5) is 29.0. The standard InChI is InChI=1S/C31H38ClN3O6S/c1-5-7-18-33-31(37)27(6-2)34(21-23-12-11-13-25(19-23)40-3)30(36)22-35(28-20-24(32)16-17-29(28)41-4)42(38,39)26-14-9-8-10-15-26/h8-17,19-20,27H,5-7,18,21-22H2,1-4H3,(H,33,37). The molecule has 2 amide bonds. The number of unbranched alkanes of at least 4 members (excludes halogenated alkanes) is 1. The zero-order valence-corrected chi connectivity index (χ0v) is 26.0. The van der Waals surface area contributed by atoms with Crippen molar-refractivity contribution in [3.8, 4) is 11.5 Å². The molecule has 1 unspecified atom stereocenters. The summed E-state index contributed by atoms with van der Waals surface area (Å²) in [6.07, 6.45) is 2.01. The van der Waals surface area contributed by atoms with Gasteiger partial charge in [0.1, 0.15) is 24.1 Å². The lowest BCUT2D eigenvalue weighted by molar-refractivity contribution is -0.140. The first-order chi connectivity index (χ1) is 20.2. The monoisotopic (exact) mass is 615 g/mol. The van der Waals surface area contributed by atoms with Crippen LogP contribution in [0.15, 0.2) is 77.7 Å². The number of methoxy groups -OCH3 is 2. The van der Waals surface area contributed by atoms with E-state index >= 15 is 0 Å². The Morgan fingerprint density at radius 3 is 2.33 bits per heavy atom. The van der Waals surface area contributed by atoms with E-state index in [0.717, 1.165) is 22.7 Å². The normalized spacial score (nSPS) is 11.8. The molecule has 0 bridgehead atoms. The third-order valence-electron chi connectivity index (χ3n) is 6.72. The zero-order valence-electron chi connectivity index (χ0n) is 24.4. The third-order valence-corrected chi connectivity index (χ3v) is 8.73. The van der Waals surface area contributed by atoms with Crippen molar-refractivity contribution in [2.75, 3.05) is 31.6 Å². The quantitative estimate of drug-likeness (QED) is 0.233. The molecule has 0 radical (unpaired) electrons. The number of rotatable bonds is 15. The van der Waals surface area contributed by atoms with E-state index in [9.17, 15) is 18.0 Å². The molecule has 1 N–H and O–H groups in total. The van der Waals surface area contributed by atoms with Gasteiger partial charge < -0.3 is 19.7 Å². The Balaban J connectivity index is 2.10. The highest BCUT2D eigenvalue weighted by molar-refractivity contribution is 7.92. The number of hydrogen-bond donors (Lipinski definition) is 1. The van der Waals surface area contributed by atoms with Crippen molar-refractivity contribution >= 4 is 39.1 Å². The first-order valence-corrected chi connectivity index (χ1v) is 15.6. The highest BCUT2D eigenvalue weighted by Crippen LogP contribution is 2.35. The number of carbonyl (C=O) groups is 2. The summed E-state index contributed by atoms with van der Waals surface area (Å²) in [7, 11) is -1.31. The summed E-state index contributed by atoms with van der Waals surface area (Å²) in [5.74, 6) is -0.0652. The molecule has 11 heteroatoms. The van der Waals surface area contributed by atoms with Gasteiger partial charge >= 0.3 is 0 Å². The molecule has 9 nitrogen and oxygen atoms in total. The molecule has 0 aromatic heterocycles. The first kappa shape index (κ1) is 32.8. The van der Waals surface area contributed by atoms with E-state index in [2.05, 4.69) is 5.32 Å². The maximum absolute atomic E-state index is 14.2. The summed E-state index contributed by atoms with van der Waals surface area (Å²) < 4.78 is 39.8. The van der Waals surface area contributed by atoms with Crippen molar-refractivity contribution in [3.05, 3.63) is 83.4 Å². The predicted octanol–water partition coefficient (Wildman–Crippen LogP) is 5.28. The first-order valence-electron chi connectivity index (χ1n) is 13.8. The Morgan fingerprint density at radius 2 is 1.69 bits per heavy atom. The van der Waals surface area contributed by atoms with E-state index in [0.29, 0.717) is 18.7 Å². The van der Waals surface area contributed by atoms with Crippen LogP contribution in [0, 0.1) is 0 Å². The highest BCUT2D eigenvalue weighted by atomic mass is 35.5. The minimum atomic E-state index is -4.26. The summed E-state index contributed by atoms with van der Waals surface area (Å²) >= 11 is 6.29. The number of anilines is 1. The van der Waals surface area contributed by atoms with Crippen LogP contribution in [0.25, 0.3) is 0 Å². The molecule has 42 heavy (non-hydrogen) atoms. The van der Waals surface area contributed by atoms with Crippen molar-refractivity contribution in [3.63, 3.8) is 0 Å². The lowest BCUT2D eigenvalue weighted by atomic mass is 10.1. The fourth-order valence-corrected chi connectivity index (χ4v) is 6.09. The van der Waals surface area contributed by atoms with E-state index in [-0.39, 0.29) is 33.8 Å². The van der Waals surface area contributed by atoms with Crippen LogP contribution in [-0.2, 0) is 26.2 Å². The summed E-state index contributed by atoms with van der Waals surface area (Å²) in [6, 6.07) is 18.7. The molecule has 1 atom stereocenters. The van der Waals surface area contributed by atoms with Gasteiger partial charge in [0.05, 0.1) is 24.8 Å². The van der Waals surface area contributed by atoms with Crippen LogP contribution < -0.4 is 19.1 Å². The number of amides is 2. The topological polar surface area (TPSA) is 105 Å². The molecule has 0 aliphatic rings. The van der Waals surface area contributed by atoms with Crippen LogP contribution in [0.1, 0.15) is 38.7 Å². The van der Waals surface area contributed by atoms with Gasteiger partial charge in [-0.15, -0.1) is 0 Å². The zero-order chi connectivity index (χ0) is 30.7. The van der Waals surface area contributed by atoms with Gasteiger partial charge in [-0.05, 0) is 60.9 Å². The molecule has 0 spiro atoms. The molecular weight excluding hydrogens is 578 g/mol. The van der Waals surface area contributed by atoms with Crippen molar-refractivity contribution in [2.24, 2.45) is 0 Å². The van der Waals surface area contributed by atoms with Crippen molar-refractivity contribution in [1.82, 2.24) is 10.2 Å². The Morgan fingerprint density at radius 1 is 0.952 bits per heavy atom. The molecule has 3 rings (SSSR count). The second-order valence-corrected chi connectivity index (χ2v) is 11.9. The lowest BCUT2D eigenvalue weighted by Gasteiger charge is -2.33. The number of nitrogens with one attached hydrogen (secondary N) is 1. The van der Waals surface area contributed by atoms with Crippen LogP contribution in [0.5, 0.6) is 11.5 Å². The number of ether oxygens (including phenoxy) is 2. The van der Waals surface area contributed by atoms with Gasteiger partial charge in [-0.3, -0.25) is 13.9 Å². The van der Waals surface area contributed by atoms with Gasteiger partial charge in [-0.1, -0.05) is 62.2 Å². The SMILES string of the molecule is CCCCNC(=O)C(CC)N(Cc1cccc(OC)c1)C(=O)CN(c1cc(Cl)ccc1OC)S(=O)(=O)c1ccccc1. The molecule has 0 saturated heterocycles.